The van der Waals surface area contributed by atoms with Crippen LogP contribution >= 0.6 is 0 Å². The van der Waals surface area contributed by atoms with Gasteiger partial charge in [-0.3, -0.25) is 19.3 Å². The van der Waals surface area contributed by atoms with Crippen molar-refractivity contribution in [1.82, 2.24) is 9.80 Å². The second-order valence-electron chi connectivity index (χ2n) is 8.57. The first-order valence-electron chi connectivity index (χ1n) is 10.4. The van der Waals surface area contributed by atoms with Crippen molar-refractivity contribution in [2.45, 2.75) is 31.7 Å². The number of hydrogen-bond acceptors (Lipinski definition) is 4. The summed E-state index contributed by atoms with van der Waals surface area (Å²) in [5, 5.41) is 0. The van der Waals surface area contributed by atoms with Crippen molar-refractivity contribution in [3.63, 3.8) is 0 Å². The molecule has 1 aromatic rings. The van der Waals surface area contributed by atoms with E-state index in [1.165, 1.54) is 4.90 Å². The Bertz CT molecular complexity index is 761. The largest absolute Gasteiger partial charge is 0.378 e. The van der Waals surface area contributed by atoms with Gasteiger partial charge in [0.1, 0.15) is 6.04 Å². The monoisotopic (exact) mass is 382 g/mol. The average Bonchev–Trinajstić information content (AvgIpc) is 3.41. The zero-order valence-corrected chi connectivity index (χ0v) is 16.0. The van der Waals surface area contributed by atoms with Crippen LogP contribution in [0.25, 0.3) is 0 Å². The first-order chi connectivity index (χ1) is 13.6. The summed E-state index contributed by atoms with van der Waals surface area (Å²) < 4.78 is 5.37. The molecule has 4 fully saturated rings. The molecule has 6 heteroatoms. The quantitative estimate of drug-likeness (QED) is 0.740. The van der Waals surface area contributed by atoms with Crippen molar-refractivity contribution in [3.05, 3.63) is 35.9 Å². The Labute approximate surface area is 164 Å². The Kier molecular flexibility index (Phi) is 4.46. The molecule has 2 bridgehead atoms. The van der Waals surface area contributed by atoms with Crippen molar-refractivity contribution in [2.24, 2.45) is 23.7 Å². The lowest BCUT2D eigenvalue weighted by molar-refractivity contribution is -0.154. The normalized spacial score (nSPS) is 32.7. The number of ether oxygens (including phenoxy) is 1. The summed E-state index contributed by atoms with van der Waals surface area (Å²) in [6.45, 7) is 2.03. The van der Waals surface area contributed by atoms with E-state index in [9.17, 15) is 14.4 Å². The van der Waals surface area contributed by atoms with E-state index >= 15 is 0 Å². The number of benzene rings is 1. The fourth-order valence-corrected chi connectivity index (χ4v) is 5.86. The number of carbonyl (C=O) groups excluding carboxylic acids is 3. The van der Waals surface area contributed by atoms with Gasteiger partial charge in [-0.25, -0.2) is 0 Å². The van der Waals surface area contributed by atoms with Gasteiger partial charge in [-0.15, -0.1) is 0 Å². The summed E-state index contributed by atoms with van der Waals surface area (Å²) in [5.41, 5.74) is 0.967. The Hall–Kier alpha value is -2.21. The maximum Gasteiger partial charge on any atom is 0.246 e. The number of hydrogen-bond donors (Lipinski definition) is 0. The number of nitrogens with zero attached hydrogens (tertiary/aromatic N) is 2. The Balaban J connectivity index is 1.46. The third-order valence-electron chi connectivity index (χ3n) is 7.15. The molecule has 6 nitrogen and oxygen atoms in total. The summed E-state index contributed by atoms with van der Waals surface area (Å²) in [6.07, 6.45) is 3.46. The first kappa shape index (κ1) is 17.9. The van der Waals surface area contributed by atoms with E-state index in [4.69, 9.17) is 4.74 Å². The highest BCUT2D eigenvalue weighted by molar-refractivity contribution is 6.09. The van der Waals surface area contributed by atoms with Gasteiger partial charge in [0.2, 0.25) is 17.7 Å². The molecule has 2 saturated carbocycles. The molecule has 2 heterocycles. The van der Waals surface area contributed by atoms with E-state index < -0.39 is 6.04 Å². The fourth-order valence-electron chi connectivity index (χ4n) is 5.86. The molecule has 0 aromatic heterocycles. The van der Waals surface area contributed by atoms with E-state index in [-0.39, 0.29) is 29.6 Å². The molecule has 0 N–H and O–H groups in total. The van der Waals surface area contributed by atoms with E-state index in [2.05, 4.69) is 0 Å². The van der Waals surface area contributed by atoms with Crippen molar-refractivity contribution >= 4 is 17.7 Å². The Morgan fingerprint density at radius 1 is 1.00 bits per heavy atom. The van der Waals surface area contributed by atoms with Crippen molar-refractivity contribution in [2.75, 3.05) is 26.3 Å². The van der Waals surface area contributed by atoms with Crippen LogP contribution in [0.4, 0.5) is 0 Å². The predicted octanol–water partition coefficient (Wildman–Crippen LogP) is 1.49. The highest BCUT2D eigenvalue weighted by Crippen LogP contribution is 2.56. The summed E-state index contributed by atoms with van der Waals surface area (Å²) in [4.78, 5) is 43.1. The van der Waals surface area contributed by atoms with Gasteiger partial charge in [0.15, 0.2) is 0 Å². The zero-order chi connectivity index (χ0) is 19.3. The maximum absolute atomic E-state index is 13.4. The average molecular weight is 382 g/mol. The molecule has 0 unspecified atom stereocenters. The Morgan fingerprint density at radius 2 is 1.61 bits per heavy atom. The van der Waals surface area contributed by atoms with E-state index in [1.807, 2.05) is 30.3 Å². The standard InChI is InChI=1S/C22H26N2O4/c25-20(23-8-10-28-11-9-23)17(12-14-4-2-1-3-5-14)24-21(26)18-15-6-7-16(13-15)19(18)22(24)27/h1-5,15-19H,6-13H2/t15-,16-,17-,18+,19+/m0/s1. The van der Waals surface area contributed by atoms with Gasteiger partial charge in [-0.05, 0) is 36.7 Å². The molecule has 0 spiro atoms. The molecule has 28 heavy (non-hydrogen) atoms. The third-order valence-corrected chi connectivity index (χ3v) is 7.15. The number of carbonyl (C=O) groups is 3. The lowest BCUT2D eigenvalue weighted by Gasteiger charge is -2.34. The second kappa shape index (κ2) is 6.99. The van der Waals surface area contributed by atoms with Crippen LogP contribution in [0.2, 0.25) is 0 Å². The number of amides is 3. The summed E-state index contributed by atoms with van der Waals surface area (Å²) in [5.74, 6) is -0.0701. The van der Waals surface area contributed by atoms with E-state index in [0.29, 0.717) is 44.6 Å². The van der Waals surface area contributed by atoms with E-state index in [0.717, 1.165) is 24.8 Å². The molecule has 2 aliphatic carbocycles. The topological polar surface area (TPSA) is 66.9 Å². The first-order valence-corrected chi connectivity index (χ1v) is 10.4. The van der Waals surface area contributed by atoms with Crippen LogP contribution in [0.1, 0.15) is 24.8 Å². The van der Waals surface area contributed by atoms with Gasteiger partial charge in [0.25, 0.3) is 0 Å². The molecule has 4 aliphatic rings. The van der Waals surface area contributed by atoms with Crippen LogP contribution < -0.4 is 0 Å². The van der Waals surface area contributed by atoms with Gasteiger partial charge in [0.05, 0.1) is 25.0 Å². The molecule has 148 valence electrons. The third kappa shape index (κ3) is 2.77. The van der Waals surface area contributed by atoms with Crippen molar-refractivity contribution in [3.8, 4) is 0 Å². The minimum atomic E-state index is -0.745. The zero-order valence-electron chi connectivity index (χ0n) is 16.0. The molecule has 1 aromatic carbocycles. The van der Waals surface area contributed by atoms with Crippen molar-refractivity contribution < 1.29 is 19.1 Å². The van der Waals surface area contributed by atoms with Gasteiger partial charge in [-0.1, -0.05) is 30.3 Å². The molecule has 2 aliphatic heterocycles. The summed E-state index contributed by atoms with van der Waals surface area (Å²) >= 11 is 0. The van der Waals surface area contributed by atoms with Gasteiger partial charge in [0, 0.05) is 19.5 Å². The molecule has 2 saturated heterocycles. The van der Waals surface area contributed by atoms with E-state index in [1.54, 1.807) is 4.90 Å². The van der Waals surface area contributed by atoms with Crippen molar-refractivity contribution in [1.29, 1.82) is 0 Å². The fraction of sp³-hybridized carbons (Fsp3) is 0.591. The maximum atomic E-state index is 13.4. The van der Waals surface area contributed by atoms with Crippen LogP contribution in [-0.2, 0) is 25.5 Å². The number of morpholine rings is 1. The molecule has 3 amide bonds. The molecule has 5 rings (SSSR count). The van der Waals surface area contributed by atoms with Crippen LogP contribution in [0.15, 0.2) is 30.3 Å². The number of likely N-dealkylation sites (tertiary alicyclic amines) is 1. The molecular weight excluding hydrogens is 356 g/mol. The Morgan fingerprint density at radius 3 is 2.21 bits per heavy atom. The number of fused-ring (bicyclic) bond motifs is 5. The molecular formula is C22H26N2O4. The predicted molar refractivity (Wildman–Crippen MR) is 101 cm³/mol. The highest BCUT2D eigenvalue weighted by Gasteiger charge is 2.62. The molecule has 5 atom stereocenters. The van der Waals surface area contributed by atoms with Gasteiger partial charge in [-0.2, -0.15) is 0 Å². The minimum absolute atomic E-state index is 0.107. The summed E-state index contributed by atoms with van der Waals surface area (Å²) in [7, 11) is 0. The van der Waals surface area contributed by atoms with Crippen LogP contribution in [0, 0.1) is 23.7 Å². The van der Waals surface area contributed by atoms with Crippen LogP contribution in [-0.4, -0.2) is 59.9 Å². The van der Waals surface area contributed by atoms with Gasteiger partial charge >= 0.3 is 0 Å². The van der Waals surface area contributed by atoms with Gasteiger partial charge < -0.3 is 9.64 Å². The highest BCUT2D eigenvalue weighted by atomic mass is 16.5. The lowest BCUT2D eigenvalue weighted by atomic mass is 9.81. The van der Waals surface area contributed by atoms with Crippen LogP contribution in [0.5, 0.6) is 0 Å². The SMILES string of the molecule is O=C([C@H](Cc1ccccc1)N1C(=O)[C@@H]2[C@H]3CC[C@@H](C3)[C@H]2C1=O)N1CCOCC1. The minimum Gasteiger partial charge on any atom is -0.378 e. The lowest BCUT2D eigenvalue weighted by Crippen LogP contribution is -2.55. The molecule has 0 radical (unpaired) electrons. The second-order valence-corrected chi connectivity index (χ2v) is 8.57. The number of rotatable bonds is 4. The smallest absolute Gasteiger partial charge is 0.246 e. The van der Waals surface area contributed by atoms with Crippen LogP contribution in [0.3, 0.4) is 0 Å². The number of imide groups is 1. The summed E-state index contributed by atoms with van der Waals surface area (Å²) in [6, 6.07) is 8.94.